The lowest BCUT2D eigenvalue weighted by atomic mass is 9.98. The lowest BCUT2D eigenvalue weighted by Gasteiger charge is -2.39. The van der Waals surface area contributed by atoms with Crippen molar-refractivity contribution in [3.63, 3.8) is 0 Å². The van der Waals surface area contributed by atoms with Crippen LogP contribution in [0.3, 0.4) is 0 Å². The van der Waals surface area contributed by atoms with Gasteiger partial charge in [-0.05, 0) is 66.5 Å². The molecule has 50 heavy (non-hydrogen) atoms. The normalized spacial score (nSPS) is 23.9. The highest BCUT2D eigenvalue weighted by atomic mass is 16.8. The van der Waals surface area contributed by atoms with Crippen molar-refractivity contribution < 1.29 is 43.1 Å². The van der Waals surface area contributed by atoms with Gasteiger partial charge < -0.3 is 38.8 Å². The monoisotopic (exact) mass is 686 g/mol. The zero-order chi connectivity index (χ0) is 35.1. The molecule has 13 heteroatoms. The second kappa shape index (κ2) is 16.0. The van der Waals surface area contributed by atoms with E-state index >= 15 is 0 Å². The van der Waals surface area contributed by atoms with Crippen LogP contribution in [0.5, 0.6) is 0 Å². The van der Waals surface area contributed by atoms with E-state index in [-0.39, 0.29) is 38.8 Å². The number of hydrogen-bond donors (Lipinski definition) is 2. The molecule has 2 saturated heterocycles. The number of ether oxygens (including phenoxy) is 6. The fraction of sp³-hybridized carbons (Fsp3) is 0.459. The third-order valence-corrected chi connectivity index (χ3v) is 9.13. The number of carbonyl (C=O) groups excluding carboxylic acids is 2. The van der Waals surface area contributed by atoms with E-state index in [0.29, 0.717) is 12.8 Å². The third-order valence-electron chi connectivity index (χ3n) is 9.13. The molecule has 2 aliphatic heterocycles. The Morgan fingerprint density at radius 2 is 1.60 bits per heavy atom. The number of benzene rings is 3. The summed E-state index contributed by atoms with van der Waals surface area (Å²) in [5, 5.41) is 16.5. The Hall–Kier alpha value is -4.49. The van der Waals surface area contributed by atoms with Crippen molar-refractivity contribution in [3.8, 4) is 11.1 Å². The minimum atomic E-state index is -0.979. The summed E-state index contributed by atoms with van der Waals surface area (Å²) in [6, 6.07) is 23.6. The Bertz CT molecular complexity index is 1640. The molecule has 0 spiro atoms. The second-order valence-electron chi connectivity index (χ2n) is 13.0. The van der Waals surface area contributed by atoms with Crippen molar-refractivity contribution in [1.29, 1.82) is 0 Å². The molecule has 3 aromatic carbocycles. The van der Waals surface area contributed by atoms with Crippen LogP contribution in [0.1, 0.15) is 55.7 Å². The van der Waals surface area contributed by atoms with Gasteiger partial charge >= 0.3 is 12.1 Å². The Kier molecular flexibility index (Phi) is 11.3. The minimum Gasteiger partial charge on any atom is -0.459 e. The highest BCUT2D eigenvalue weighted by Gasteiger charge is 2.55. The summed E-state index contributed by atoms with van der Waals surface area (Å²) in [6.45, 7) is 3.48. The maximum atomic E-state index is 13.3. The van der Waals surface area contributed by atoms with E-state index in [9.17, 15) is 20.2 Å². The van der Waals surface area contributed by atoms with Crippen molar-refractivity contribution in [1.82, 2.24) is 5.32 Å². The Balaban J connectivity index is 1.05. The fourth-order valence-corrected chi connectivity index (χ4v) is 6.83. The van der Waals surface area contributed by atoms with Crippen molar-refractivity contribution in [3.05, 3.63) is 106 Å². The number of rotatable bonds is 14. The van der Waals surface area contributed by atoms with E-state index in [1.54, 1.807) is 13.8 Å². The summed E-state index contributed by atoms with van der Waals surface area (Å²) in [5.74, 6) is -1.66. The van der Waals surface area contributed by atoms with E-state index in [2.05, 4.69) is 27.5 Å². The number of aliphatic hydroxyl groups excluding tert-OH is 1. The summed E-state index contributed by atoms with van der Waals surface area (Å²) in [6.07, 6.45) is -2.53. The highest BCUT2D eigenvalue weighted by Crippen LogP contribution is 2.44. The molecule has 3 aliphatic rings. The number of esters is 1. The minimum absolute atomic E-state index is 0.0578. The fourth-order valence-electron chi connectivity index (χ4n) is 6.83. The van der Waals surface area contributed by atoms with Crippen molar-refractivity contribution in [2.75, 3.05) is 19.8 Å². The molecule has 2 N–H and O–H groups in total. The molecule has 264 valence electrons. The van der Waals surface area contributed by atoms with Gasteiger partial charge in [0.2, 0.25) is 0 Å². The summed E-state index contributed by atoms with van der Waals surface area (Å²) in [7, 11) is 0. The van der Waals surface area contributed by atoms with Gasteiger partial charge in [0.25, 0.3) is 0 Å². The first-order valence-electron chi connectivity index (χ1n) is 16.9. The van der Waals surface area contributed by atoms with Crippen LogP contribution < -0.4 is 5.32 Å². The van der Waals surface area contributed by atoms with Gasteiger partial charge in [-0.25, -0.2) is 9.59 Å². The number of carbonyl (C=O) groups is 2. The van der Waals surface area contributed by atoms with Gasteiger partial charge in [0, 0.05) is 17.4 Å². The first-order valence-corrected chi connectivity index (χ1v) is 16.9. The number of hydrogen-bond acceptors (Lipinski definition) is 10. The Morgan fingerprint density at radius 1 is 0.940 bits per heavy atom. The van der Waals surface area contributed by atoms with Crippen LogP contribution in [0.4, 0.5) is 4.79 Å². The summed E-state index contributed by atoms with van der Waals surface area (Å²) < 4.78 is 35.1. The molecule has 3 aromatic rings. The van der Waals surface area contributed by atoms with E-state index in [1.165, 1.54) is 0 Å². The van der Waals surface area contributed by atoms with Crippen molar-refractivity contribution in [2.24, 2.45) is 5.11 Å². The average molecular weight is 687 g/mol. The second-order valence-corrected chi connectivity index (χ2v) is 13.0. The predicted molar refractivity (Wildman–Crippen MR) is 181 cm³/mol. The number of azide groups is 1. The molecule has 0 bridgehead atoms. The smallest absolute Gasteiger partial charge is 0.407 e. The zero-order valence-electron chi connectivity index (χ0n) is 28.1. The molecule has 0 aromatic heterocycles. The molecule has 1 amide bonds. The van der Waals surface area contributed by atoms with E-state index in [1.807, 2.05) is 66.7 Å². The van der Waals surface area contributed by atoms with Crippen molar-refractivity contribution >= 4 is 12.1 Å². The number of unbranched alkanes of at least 4 members (excludes halogenated alkanes) is 1. The molecular formula is C37H42N4O9. The molecule has 6 atom stereocenters. The number of aliphatic hydroxyl groups is 1. The number of alkyl carbamates (subject to hydrolysis) is 1. The Morgan fingerprint density at radius 3 is 2.28 bits per heavy atom. The van der Waals surface area contributed by atoms with E-state index in [4.69, 9.17) is 28.4 Å². The topological polar surface area (TPSA) is 171 Å². The first-order chi connectivity index (χ1) is 24.3. The molecule has 1 aliphatic carbocycles. The van der Waals surface area contributed by atoms with Crippen LogP contribution in [0.25, 0.3) is 21.6 Å². The van der Waals surface area contributed by atoms with E-state index in [0.717, 1.165) is 27.8 Å². The highest BCUT2D eigenvalue weighted by molar-refractivity contribution is 5.82. The average Bonchev–Trinajstić information content (AvgIpc) is 3.63. The summed E-state index contributed by atoms with van der Waals surface area (Å²) >= 11 is 0. The maximum absolute atomic E-state index is 13.3. The lowest BCUT2D eigenvalue weighted by molar-refractivity contribution is -0.246. The maximum Gasteiger partial charge on any atom is 0.407 e. The number of amides is 1. The van der Waals surface area contributed by atoms with Crippen LogP contribution >= 0.6 is 0 Å². The number of nitrogens with one attached hydrogen (secondary N) is 1. The van der Waals surface area contributed by atoms with Gasteiger partial charge in [-0.2, -0.15) is 0 Å². The zero-order valence-corrected chi connectivity index (χ0v) is 28.1. The van der Waals surface area contributed by atoms with Crippen LogP contribution in [0.2, 0.25) is 0 Å². The van der Waals surface area contributed by atoms with Gasteiger partial charge in [0.15, 0.2) is 12.1 Å². The van der Waals surface area contributed by atoms with Crippen molar-refractivity contribution in [2.45, 2.75) is 88.1 Å². The molecule has 6 rings (SSSR count). The first kappa shape index (κ1) is 35.3. The number of fused-ring (bicyclic) bond motifs is 4. The molecular weight excluding hydrogens is 644 g/mol. The van der Waals surface area contributed by atoms with E-state index < -0.39 is 54.5 Å². The number of nitrogens with zero attached hydrogens (tertiary/aromatic N) is 3. The molecule has 0 radical (unpaired) electrons. The molecule has 2 fully saturated rings. The SMILES string of the molecule is CC1(C)O[C@@H]2[C@@H](N=[N+]=[N-])[C@@H](OCCCC[C@H](NC(=O)OCC3c4ccccc4-c4ccccc43)C(=O)OCc3ccccc3)O[C@H](CO)[C@@H]2O1. The lowest BCUT2D eigenvalue weighted by Crippen LogP contribution is -2.57. The van der Waals surface area contributed by atoms with Crippen LogP contribution in [-0.2, 0) is 39.8 Å². The predicted octanol–water partition coefficient (Wildman–Crippen LogP) is 5.74. The largest absolute Gasteiger partial charge is 0.459 e. The van der Waals surface area contributed by atoms with Crippen LogP contribution in [0, 0.1) is 0 Å². The quantitative estimate of drug-likeness (QED) is 0.0706. The van der Waals surface area contributed by atoms with Gasteiger partial charge in [0.1, 0.15) is 43.6 Å². The van der Waals surface area contributed by atoms with Gasteiger partial charge in [-0.15, -0.1) is 0 Å². The molecule has 13 nitrogen and oxygen atoms in total. The molecule has 2 heterocycles. The van der Waals surface area contributed by atoms with Gasteiger partial charge in [0.05, 0.1) is 6.61 Å². The van der Waals surface area contributed by atoms with Gasteiger partial charge in [-0.1, -0.05) is 84.0 Å². The Labute approximate surface area is 290 Å². The van der Waals surface area contributed by atoms with Gasteiger partial charge in [-0.3, -0.25) is 0 Å². The standard InChI is InChI=1S/C37H42N4O9/c1-37(2)49-32-30(20-42)48-35(31(40-41-38)33(32)50-37)45-19-11-10-18-29(34(43)46-21-23-12-4-3-5-13-23)39-36(44)47-22-28-26-16-8-6-14-24(26)25-15-7-9-17-27(25)28/h3-9,12-17,28-33,35,42H,10-11,18-22H2,1-2H3,(H,39,44)/t29-,30+,31+,32-,33+,35-/m0/s1. The molecule has 0 unspecified atom stereocenters. The van der Waals surface area contributed by atoms with Crippen LogP contribution in [-0.4, -0.2) is 79.5 Å². The van der Waals surface area contributed by atoms with Crippen LogP contribution in [0.15, 0.2) is 84.0 Å². The third kappa shape index (κ3) is 8.10. The molecule has 0 saturated carbocycles. The summed E-state index contributed by atoms with van der Waals surface area (Å²) in [4.78, 5) is 29.3. The summed E-state index contributed by atoms with van der Waals surface area (Å²) in [5.41, 5.74) is 14.4.